The maximum absolute atomic E-state index is 11.3. The molecule has 0 N–H and O–H groups in total. The lowest BCUT2D eigenvalue weighted by Crippen LogP contribution is -2.17. The molecule has 0 saturated carbocycles. The zero-order valence-electron chi connectivity index (χ0n) is 9.86. The van der Waals surface area contributed by atoms with Crippen molar-refractivity contribution in [3.05, 3.63) is 27.7 Å². The number of benzene rings is 1. The van der Waals surface area contributed by atoms with Gasteiger partial charge in [-0.2, -0.15) is 0 Å². The molecule has 1 fully saturated rings. The van der Waals surface area contributed by atoms with Gasteiger partial charge >= 0.3 is 0 Å². The van der Waals surface area contributed by atoms with Crippen LogP contribution in [0.15, 0.2) is 16.6 Å². The van der Waals surface area contributed by atoms with Crippen molar-refractivity contribution in [1.29, 1.82) is 0 Å². The lowest BCUT2D eigenvalue weighted by atomic mass is 10.1. The van der Waals surface area contributed by atoms with Gasteiger partial charge in [-0.15, -0.1) is 0 Å². The number of hydrogen-bond donors (Lipinski definition) is 0. The molecule has 1 heterocycles. The van der Waals surface area contributed by atoms with Gasteiger partial charge in [-0.05, 0) is 43.5 Å². The number of aryl methyl sites for hydroxylation is 2. The van der Waals surface area contributed by atoms with Gasteiger partial charge in [0.1, 0.15) is 11.9 Å². The van der Waals surface area contributed by atoms with Crippen molar-refractivity contribution in [3.8, 4) is 5.75 Å². The Bertz CT molecular complexity index is 514. The molecule has 94 valence electrons. The van der Waals surface area contributed by atoms with Crippen molar-refractivity contribution >= 4 is 25.8 Å². The molecular weight excluding hydrogens is 304 g/mol. The molecule has 0 aromatic heterocycles. The first-order chi connectivity index (χ1) is 7.87. The van der Waals surface area contributed by atoms with Gasteiger partial charge in [0, 0.05) is 4.47 Å². The fraction of sp³-hybridized carbons (Fsp3) is 0.500. The smallest absolute Gasteiger partial charge is 0.154 e. The Morgan fingerprint density at radius 1 is 1.29 bits per heavy atom. The third-order valence-electron chi connectivity index (χ3n) is 2.90. The predicted molar refractivity (Wildman–Crippen MR) is 71.3 cm³/mol. The second-order valence-corrected chi connectivity index (χ2v) is 7.54. The van der Waals surface area contributed by atoms with E-state index in [0.29, 0.717) is 6.42 Å². The minimum absolute atomic E-state index is 0.140. The SMILES string of the molecule is Cc1cc(OC2CCS(=O)(=O)C2)cc(C)c1Br. The van der Waals surface area contributed by atoms with Crippen LogP contribution in [0, 0.1) is 13.8 Å². The van der Waals surface area contributed by atoms with E-state index in [2.05, 4.69) is 15.9 Å². The molecule has 5 heteroatoms. The molecule has 1 saturated heterocycles. The molecule has 0 radical (unpaired) electrons. The molecule has 1 aliphatic rings. The summed E-state index contributed by atoms with van der Waals surface area (Å²) in [6, 6.07) is 3.87. The van der Waals surface area contributed by atoms with Crippen LogP contribution in [-0.2, 0) is 9.84 Å². The Morgan fingerprint density at radius 3 is 2.35 bits per heavy atom. The monoisotopic (exact) mass is 318 g/mol. The van der Waals surface area contributed by atoms with Crippen LogP contribution in [0.1, 0.15) is 17.5 Å². The Labute approximate surface area is 110 Å². The average molecular weight is 319 g/mol. The maximum Gasteiger partial charge on any atom is 0.154 e. The normalized spacial score (nSPS) is 22.6. The Hall–Kier alpha value is -0.550. The van der Waals surface area contributed by atoms with E-state index in [0.717, 1.165) is 21.3 Å². The zero-order chi connectivity index (χ0) is 12.6. The Morgan fingerprint density at radius 2 is 1.88 bits per heavy atom. The van der Waals surface area contributed by atoms with Crippen LogP contribution in [0.3, 0.4) is 0 Å². The predicted octanol–water partition coefficient (Wildman–Crippen LogP) is 2.63. The summed E-state index contributed by atoms with van der Waals surface area (Å²) in [4.78, 5) is 0. The number of hydrogen-bond acceptors (Lipinski definition) is 3. The van der Waals surface area contributed by atoms with E-state index in [-0.39, 0.29) is 17.6 Å². The fourth-order valence-electron chi connectivity index (χ4n) is 2.02. The van der Waals surface area contributed by atoms with Crippen molar-refractivity contribution in [3.63, 3.8) is 0 Å². The topological polar surface area (TPSA) is 43.4 Å². The molecule has 2 rings (SSSR count). The second kappa shape index (κ2) is 4.61. The molecule has 1 aromatic rings. The summed E-state index contributed by atoms with van der Waals surface area (Å²) in [7, 11) is -2.88. The summed E-state index contributed by atoms with van der Waals surface area (Å²) in [5.74, 6) is 1.14. The largest absolute Gasteiger partial charge is 0.489 e. The van der Waals surface area contributed by atoms with Gasteiger partial charge in [-0.1, -0.05) is 15.9 Å². The zero-order valence-corrected chi connectivity index (χ0v) is 12.3. The van der Waals surface area contributed by atoms with Crippen molar-refractivity contribution < 1.29 is 13.2 Å². The van der Waals surface area contributed by atoms with Gasteiger partial charge in [0.05, 0.1) is 11.5 Å². The average Bonchev–Trinajstić information content (AvgIpc) is 2.54. The van der Waals surface area contributed by atoms with Crippen LogP contribution in [0.4, 0.5) is 0 Å². The van der Waals surface area contributed by atoms with Crippen LogP contribution in [-0.4, -0.2) is 26.0 Å². The Balaban J connectivity index is 2.15. The quantitative estimate of drug-likeness (QED) is 0.842. The third-order valence-corrected chi connectivity index (χ3v) is 5.89. The van der Waals surface area contributed by atoms with E-state index in [1.54, 1.807) is 0 Å². The summed E-state index contributed by atoms with van der Waals surface area (Å²) < 4.78 is 29.5. The molecule has 0 spiro atoms. The number of rotatable bonds is 2. The van der Waals surface area contributed by atoms with Crippen molar-refractivity contribution in [2.24, 2.45) is 0 Å². The van der Waals surface area contributed by atoms with E-state index in [1.807, 2.05) is 26.0 Å². The lowest BCUT2D eigenvalue weighted by molar-refractivity contribution is 0.228. The van der Waals surface area contributed by atoms with Crippen molar-refractivity contribution in [2.75, 3.05) is 11.5 Å². The minimum atomic E-state index is -2.88. The summed E-state index contributed by atoms with van der Waals surface area (Å²) in [6.45, 7) is 3.99. The third kappa shape index (κ3) is 3.01. The molecule has 1 aromatic carbocycles. The number of ether oxygens (including phenoxy) is 1. The van der Waals surface area contributed by atoms with Crippen LogP contribution >= 0.6 is 15.9 Å². The van der Waals surface area contributed by atoms with Crippen LogP contribution in [0.2, 0.25) is 0 Å². The first-order valence-corrected chi connectivity index (χ1v) is 8.13. The number of halogens is 1. The summed E-state index contributed by atoms with van der Waals surface area (Å²) in [6.07, 6.45) is 0.399. The van der Waals surface area contributed by atoms with Crippen molar-refractivity contribution in [1.82, 2.24) is 0 Å². The molecule has 3 nitrogen and oxygen atoms in total. The van der Waals surface area contributed by atoms with Crippen LogP contribution < -0.4 is 4.74 Å². The molecule has 1 atom stereocenters. The molecule has 17 heavy (non-hydrogen) atoms. The first-order valence-electron chi connectivity index (χ1n) is 5.51. The van der Waals surface area contributed by atoms with E-state index in [9.17, 15) is 8.42 Å². The van der Waals surface area contributed by atoms with Gasteiger partial charge in [-0.25, -0.2) is 8.42 Å². The summed E-state index contributed by atoms with van der Waals surface area (Å²) >= 11 is 3.49. The molecule has 1 aliphatic heterocycles. The molecular formula is C12H15BrO3S. The Kier molecular flexibility index (Phi) is 3.50. The van der Waals surface area contributed by atoms with Gasteiger partial charge in [0.15, 0.2) is 9.84 Å². The maximum atomic E-state index is 11.3. The highest BCUT2D eigenvalue weighted by molar-refractivity contribution is 9.10. The van der Waals surface area contributed by atoms with E-state index in [4.69, 9.17) is 4.74 Å². The summed E-state index contributed by atoms with van der Waals surface area (Å²) in [5.41, 5.74) is 2.20. The highest BCUT2D eigenvalue weighted by Gasteiger charge is 2.29. The highest BCUT2D eigenvalue weighted by Crippen LogP contribution is 2.28. The second-order valence-electron chi connectivity index (χ2n) is 4.51. The van der Waals surface area contributed by atoms with Crippen LogP contribution in [0.5, 0.6) is 5.75 Å². The molecule has 0 bridgehead atoms. The summed E-state index contributed by atoms with van der Waals surface area (Å²) in [5, 5.41) is 0. The van der Waals surface area contributed by atoms with E-state index in [1.165, 1.54) is 0 Å². The van der Waals surface area contributed by atoms with Gasteiger partial charge in [-0.3, -0.25) is 0 Å². The molecule has 1 unspecified atom stereocenters. The molecule has 0 aliphatic carbocycles. The van der Waals surface area contributed by atoms with Gasteiger partial charge < -0.3 is 4.74 Å². The standard InChI is InChI=1S/C12H15BrO3S/c1-8-5-11(6-9(2)12(8)13)16-10-3-4-17(14,15)7-10/h5-6,10H,3-4,7H2,1-2H3. The van der Waals surface area contributed by atoms with E-state index < -0.39 is 9.84 Å². The molecule has 0 amide bonds. The fourth-order valence-corrected chi connectivity index (χ4v) is 3.84. The van der Waals surface area contributed by atoms with Crippen molar-refractivity contribution in [2.45, 2.75) is 26.4 Å². The first kappa shape index (κ1) is 12.9. The van der Waals surface area contributed by atoms with E-state index >= 15 is 0 Å². The van der Waals surface area contributed by atoms with Gasteiger partial charge in [0.25, 0.3) is 0 Å². The minimum Gasteiger partial charge on any atom is -0.489 e. The van der Waals surface area contributed by atoms with Crippen LogP contribution in [0.25, 0.3) is 0 Å². The number of sulfone groups is 1. The lowest BCUT2D eigenvalue weighted by Gasteiger charge is -2.14. The highest BCUT2D eigenvalue weighted by atomic mass is 79.9. The van der Waals surface area contributed by atoms with Gasteiger partial charge in [0.2, 0.25) is 0 Å².